The normalized spacial score (nSPS) is 20.3. The molecule has 0 radical (unpaired) electrons. The van der Waals surface area contributed by atoms with Gasteiger partial charge in [-0.3, -0.25) is 0 Å². The molecular formula is C30H38FN5O4. The van der Waals surface area contributed by atoms with E-state index in [9.17, 15) is 10.1 Å². The van der Waals surface area contributed by atoms with Crippen LogP contribution < -0.4 is 15.0 Å². The molecule has 2 amide bonds. The number of likely N-dealkylation sites (tertiary alicyclic amines) is 1. The highest BCUT2D eigenvalue weighted by Crippen LogP contribution is 2.37. The lowest BCUT2D eigenvalue weighted by atomic mass is 9.80. The smallest absolute Gasteiger partial charge is 0.321 e. The molecule has 40 heavy (non-hydrogen) atoms. The van der Waals surface area contributed by atoms with E-state index in [0.29, 0.717) is 45.4 Å². The summed E-state index contributed by atoms with van der Waals surface area (Å²) >= 11 is 0. The van der Waals surface area contributed by atoms with Crippen molar-refractivity contribution in [1.82, 2.24) is 9.88 Å². The van der Waals surface area contributed by atoms with Crippen LogP contribution in [0.5, 0.6) is 5.88 Å². The molecule has 9 nitrogen and oxygen atoms in total. The first-order chi connectivity index (χ1) is 19.2. The number of aromatic nitrogens is 1. The molecule has 1 aromatic carbocycles. The summed E-state index contributed by atoms with van der Waals surface area (Å²) in [5.41, 5.74) is 2.80. The number of nitriles is 1. The number of nitrogens with one attached hydrogen (secondary N) is 1. The van der Waals surface area contributed by atoms with Crippen LogP contribution in [0.25, 0.3) is 11.1 Å². The average Bonchev–Trinajstić information content (AvgIpc) is 3.48. The number of nitrogens with zero attached hydrogens (tertiary/aromatic N) is 4. The van der Waals surface area contributed by atoms with Gasteiger partial charge in [0.1, 0.15) is 17.6 Å². The van der Waals surface area contributed by atoms with Crippen molar-refractivity contribution in [3.8, 4) is 23.1 Å². The van der Waals surface area contributed by atoms with Crippen molar-refractivity contribution in [1.29, 1.82) is 5.26 Å². The lowest BCUT2D eigenvalue weighted by Gasteiger charge is -2.31. The number of hydrogen-bond donors (Lipinski definition) is 1. The maximum absolute atomic E-state index is 15.1. The van der Waals surface area contributed by atoms with Gasteiger partial charge in [-0.15, -0.1) is 0 Å². The number of carbonyl (C=O) groups excluding carboxylic acids is 1. The highest BCUT2D eigenvalue weighted by Gasteiger charge is 2.37. The van der Waals surface area contributed by atoms with E-state index in [0.717, 1.165) is 54.7 Å². The summed E-state index contributed by atoms with van der Waals surface area (Å²) in [6, 6.07) is 7.13. The summed E-state index contributed by atoms with van der Waals surface area (Å²) in [4.78, 5) is 21.7. The van der Waals surface area contributed by atoms with Gasteiger partial charge >= 0.3 is 6.03 Å². The van der Waals surface area contributed by atoms with Gasteiger partial charge in [-0.1, -0.05) is 0 Å². The molecule has 2 aromatic rings. The zero-order valence-corrected chi connectivity index (χ0v) is 23.5. The zero-order chi connectivity index (χ0) is 28.3. The Morgan fingerprint density at radius 3 is 2.58 bits per heavy atom. The number of rotatable bonds is 6. The SMILES string of the molecule is Cc1cc(F)c(NC(=O)N2CCC(C(C)(C)C#N)C2)cc1-c1cnc(OC2CCOCC2)c(N2CCOCC2)c1. The highest BCUT2D eigenvalue weighted by molar-refractivity contribution is 5.91. The number of carbonyl (C=O) groups is 1. The number of urea groups is 1. The van der Waals surface area contributed by atoms with E-state index >= 15 is 4.39 Å². The van der Waals surface area contributed by atoms with Crippen LogP contribution in [0.15, 0.2) is 24.4 Å². The van der Waals surface area contributed by atoms with E-state index in [4.69, 9.17) is 19.2 Å². The zero-order valence-electron chi connectivity index (χ0n) is 23.5. The minimum Gasteiger partial charge on any atom is -0.473 e. The second kappa shape index (κ2) is 12.0. The Morgan fingerprint density at radius 2 is 1.85 bits per heavy atom. The van der Waals surface area contributed by atoms with Gasteiger partial charge in [0.15, 0.2) is 0 Å². The molecule has 5 rings (SSSR count). The van der Waals surface area contributed by atoms with Gasteiger partial charge in [0.25, 0.3) is 0 Å². The molecule has 0 bridgehead atoms. The van der Waals surface area contributed by atoms with E-state index in [1.165, 1.54) is 6.07 Å². The number of pyridine rings is 1. The number of ether oxygens (including phenoxy) is 3. The molecule has 3 aliphatic rings. The predicted octanol–water partition coefficient (Wildman–Crippen LogP) is 4.99. The maximum atomic E-state index is 15.1. The van der Waals surface area contributed by atoms with Crippen molar-refractivity contribution in [2.75, 3.05) is 62.8 Å². The van der Waals surface area contributed by atoms with Gasteiger partial charge in [0, 0.05) is 50.8 Å². The van der Waals surface area contributed by atoms with Crippen molar-refractivity contribution in [3.63, 3.8) is 0 Å². The van der Waals surface area contributed by atoms with Crippen LogP contribution in [0.4, 0.5) is 20.6 Å². The Bertz CT molecular complexity index is 1270. The molecule has 214 valence electrons. The molecule has 1 aromatic heterocycles. The van der Waals surface area contributed by atoms with Gasteiger partial charge in [-0.2, -0.15) is 5.26 Å². The van der Waals surface area contributed by atoms with E-state index in [1.807, 2.05) is 26.8 Å². The Labute approximate surface area is 235 Å². The van der Waals surface area contributed by atoms with Crippen molar-refractivity contribution in [2.45, 2.75) is 46.1 Å². The molecular weight excluding hydrogens is 513 g/mol. The number of halogens is 1. The van der Waals surface area contributed by atoms with Crippen LogP contribution in [0.1, 0.15) is 38.7 Å². The molecule has 0 aliphatic carbocycles. The van der Waals surface area contributed by atoms with Crippen LogP contribution in [-0.2, 0) is 9.47 Å². The molecule has 1 atom stereocenters. The summed E-state index contributed by atoms with van der Waals surface area (Å²) in [6.07, 6.45) is 4.17. The molecule has 0 saturated carbocycles. The standard InChI is InChI=1S/C30H38FN5O4/c1-20-14-25(31)26(34-29(37)36-7-4-22(18-36)30(2,3)19-32)16-24(20)21-15-27(35-8-12-39-13-9-35)28(33-17-21)40-23-5-10-38-11-6-23/h14-17,22-23H,4-13,18H2,1-3H3,(H,34,37). The Kier molecular flexibility index (Phi) is 8.43. The number of aryl methyl sites for hydroxylation is 1. The average molecular weight is 552 g/mol. The molecule has 3 saturated heterocycles. The van der Waals surface area contributed by atoms with Crippen molar-refractivity contribution in [2.24, 2.45) is 11.3 Å². The largest absolute Gasteiger partial charge is 0.473 e. The Morgan fingerprint density at radius 1 is 1.12 bits per heavy atom. The number of benzene rings is 1. The third-order valence-electron chi connectivity index (χ3n) is 8.28. The van der Waals surface area contributed by atoms with Crippen molar-refractivity contribution in [3.05, 3.63) is 35.8 Å². The summed E-state index contributed by atoms with van der Waals surface area (Å²) in [5, 5.41) is 12.2. The molecule has 3 aliphatic heterocycles. The van der Waals surface area contributed by atoms with Crippen LogP contribution in [0.2, 0.25) is 0 Å². The minimum atomic E-state index is -0.525. The van der Waals surface area contributed by atoms with Gasteiger partial charge in [-0.25, -0.2) is 14.2 Å². The topological polar surface area (TPSA) is 100.0 Å². The Hall–Kier alpha value is -3.42. The number of anilines is 2. The second-order valence-corrected chi connectivity index (χ2v) is 11.4. The van der Waals surface area contributed by atoms with Crippen LogP contribution in [0, 0.1) is 35.4 Å². The van der Waals surface area contributed by atoms with Crippen LogP contribution >= 0.6 is 0 Å². The Balaban J connectivity index is 1.39. The summed E-state index contributed by atoms with van der Waals surface area (Å²) in [5.74, 6) is 0.159. The maximum Gasteiger partial charge on any atom is 0.321 e. The fraction of sp³-hybridized carbons (Fsp3) is 0.567. The third-order valence-corrected chi connectivity index (χ3v) is 8.28. The third kappa shape index (κ3) is 6.16. The van der Waals surface area contributed by atoms with Gasteiger partial charge < -0.3 is 29.3 Å². The van der Waals surface area contributed by atoms with E-state index in [-0.39, 0.29) is 23.7 Å². The van der Waals surface area contributed by atoms with Gasteiger partial charge in [0.05, 0.1) is 43.6 Å². The lowest BCUT2D eigenvalue weighted by Crippen LogP contribution is -2.37. The fourth-order valence-corrected chi connectivity index (χ4v) is 5.56. The summed E-state index contributed by atoms with van der Waals surface area (Å²) < 4.78 is 32.4. The quantitative estimate of drug-likeness (QED) is 0.540. The number of hydrogen-bond acceptors (Lipinski definition) is 7. The molecule has 1 unspecified atom stereocenters. The molecule has 3 fully saturated rings. The first-order valence-corrected chi connectivity index (χ1v) is 14.1. The lowest BCUT2D eigenvalue weighted by molar-refractivity contribution is 0.0238. The second-order valence-electron chi connectivity index (χ2n) is 11.4. The van der Waals surface area contributed by atoms with Gasteiger partial charge in [0.2, 0.25) is 5.88 Å². The van der Waals surface area contributed by atoms with E-state index in [2.05, 4.69) is 16.3 Å². The van der Waals surface area contributed by atoms with Crippen LogP contribution in [0.3, 0.4) is 0 Å². The highest BCUT2D eigenvalue weighted by atomic mass is 19.1. The van der Waals surface area contributed by atoms with Gasteiger partial charge in [-0.05, 0) is 62.4 Å². The first-order valence-electron chi connectivity index (χ1n) is 14.1. The van der Waals surface area contributed by atoms with Crippen molar-refractivity contribution >= 4 is 17.4 Å². The molecule has 0 spiro atoms. The van der Waals surface area contributed by atoms with Crippen molar-refractivity contribution < 1.29 is 23.4 Å². The fourth-order valence-electron chi connectivity index (χ4n) is 5.56. The molecule has 4 heterocycles. The van der Waals surface area contributed by atoms with E-state index in [1.54, 1.807) is 17.2 Å². The van der Waals surface area contributed by atoms with Crippen LogP contribution in [-0.4, -0.2) is 74.6 Å². The predicted molar refractivity (Wildman–Crippen MR) is 150 cm³/mol. The molecule has 1 N–H and O–H groups in total. The first kappa shape index (κ1) is 28.1. The van der Waals surface area contributed by atoms with E-state index < -0.39 is 11.2 Å². The monoisotopic (exact) mass is 551 g/mol. The summed E-state index contributed by atoms with van der Waals surface area (Å²) in [6.45, 7) is 10.7. The molecule has 10 heteroatoms. The minimum absolute atomic E-state index is 0.0465. The number of morpholine rings is 1. The summed E-state index contributed by atoms with van der Waals surface area (Å²) in [7, 11) is 0. The number of amides is 2.